The smallest absolute Gasteiger partial charge is 0.338 e. The minimum atomic E-state index is -3.22. The fourth-order valence-electron chi connectivity index (χ4n) is 1.93. The minimum absolute atomic E-state index is 0.121. The summed E-state index contributed by atoms with van der Waals surface area (Å²) in [6.45, 7) is 4.65. The Bertz CT molecular complexity index is 796. The van der Waals surface area contributed by atoms with Gasteiger partial charge in [0, 0.05) is 6.26 Å². The van der Waals surface area contributed by atoms with Crippen LogP contribution in [0.25, 0.3) is 0 Å². The molecule has 0 fully saturated rings. The lowest BCUT2D eigenvalue weighted by molar-refractivity contribution is -0.125. The topological polar surface area (TPSA) is 113 Å². The number of benzene rings is 1. The van der Waals surface area contributed by atoms with E-state index in [-0.39, 0.29) is 17.2 Å². The number of amides is 1. The summed E-state index contributed by atoms with van der Waals surface area (Å²) in [5, 5.41) is 11.7. The van der Waals surface area contributed by atoms with Crippen LogP contribution in [0.1, 0.15) is 36.7 Å². The standard InChI is InChI=1S/C17H22N2O5S/c1-12(2)17(3,11-18)19-15(20)9-24-16(21)14-7-5-6-13(8-14)10-25(4,22)23/h5-8,12H,9-10H2,1-4H3,(H,19,20)/t17-/m0/s1. The third-order valence-electron chi connectivity index (χ3n) is 3.71. The molecule has 8 heteroatoms. The molecule has 0 radical (unpaired) electrons. The molecule has 136 valence electrons. The second-order valence-electron chi connectivity index (χ2n) is 6.36. The van der Waals surface area contributed by atoms with Gasteiger partial charge in [0.1, 0.15) is 5.54 Å². The number of nitrogens with zero attached hydrogens (tertiary/aromatic N) is 1. The highest BCUT2D eigenvalue weighted by molar-refractivity contribution is 7.89. The lowest BCUT2D eigenvalue weighted by atomic mass is 9.90. The lowest BCUT2D eigenvalue weighted by Gasteiger charge is -2.27. The van der Waals surface area contributed by atoms with Gasteiger partial charge in [-0.2, -0.15) is 5.26 Å². The van der Waals surface area contributed by atoms with Gasteiger partial charge in [-0.3, -0.25) is 4.79 Å². The Morgan fingerprint density at radius 2 is 2.00 bits per heavy atom. The Morgan fingerprint density at radius 3 is 2.52 bits per heavy atom. The summed E-state index contributed by atoms with van der Waals surface area (Å²) in [6, 6.07) is 8.04. The van der Waals surface area contributed by atoms with Gasteiger partial charge in [-0.15, -0.1) is 0 Å². The van der Waals surface area contributed by atoms with Crippen LogP contribution in [-0.2, 0) is 25.1 Å². The zero-order chi connectivity index (χ0) is 19.3. The van der Waals surface area contributed by atoms with E-state index in [1.165, 1.54) is 12.1 Å². The molecule has 0 bridgehead atoms. The van der Waals surface area contributed by atoms with Crippen molar-refractivity contribution in [2.45, 2.75) is 32.1 Å². The van der Waals surface area contributed by atoms with Crippen LogP contribution in [0.5, 0.6) is 0 Å². The number of nitrogens with one attached hydrogen (secondary N) is 1. The number of nitriles is 1. The molecular formula is C17H22N2O5S. The first-order chi connectivity index (χ1) is 11.5. The van der Waals surface area contributed by atoms with Gasteiger partial charge >= 0.3 is 5.97 Å². The molecular weight excluding hydrogens is 344 g/mol. The quantitative estimate of drug-likeness (QED) is 0.731. The summed E-state index contributed by atoms with van der Waals surface area (Å²) in [5.41, 5.74) is -0.446. The van der Waals surface area contributed by atoms with Crippen LogP contribution in [0.2, 0.25) is 0 Å². The van der Waals surface area contributed by atoms with Crippen molar-refractivity contribution in [1.82, 2.24) is 5.32 Å². The maximum atomic E-state index is 12.0. The average Bonchev–Trinajstić information content (AvgIpc) is 2.50. The molecule has 1 rings (SSSR count). The Morgan fingerprint density at radius 1 is 1.36 bits per heavy atom. The molecule has 1 atom stereocenters. The summed E-state index contributed by atoms with van der Waals surface area (Å²) in [7, 11) is -3.22. The van der Waals surface area contributed by atoms with Crippen molar-refractivity contribution in [2.75, 3.05) is 12.9 Å². The van der Waals surface area contributed by atoms with E-state index >= 15 is 0 Å². The zero-order valence-corrected chi connectivity index (χ0v) is 15.5. The van der Waals surface area contributed by atoms with Crippen LogP contribution in [-0.4, -0.2) is 38.7 Å². The van der Waals surface area contributed by atoms with Crippen LogP contribution >= 0.6 is 0 Å². The SMILES string of the molecule is CC(C)[C@](C)(C#N)NC(=O)COC(=O)c1cccc(CS(C)(=O)=O)c1. The molecule has 1 aromatic carbocycles. The van der Waals surface area contributed by atoms with E-state index in [1.54, 1.807) is 32.9 Å². The van der Waals surface area contributed by atoms with Gasteiger partial charge in [0.25, 0.3) is 5.91 Å². The fraction of sp³-hybridized carbons (Fsp3) is 0.471. The number of carbonyl (C=O) groups is 2. The molecule has 0 aromatic heterocycles. The monoisotopic (exact) mass is 366 g/mol. The second-order valence-corrected chi connectivity index (χ2v) is 8.50. The van der Waals surface area contributed by atoms with Gasteiger partial charge in [0.2, 0.25) is 0 Å². The normalized spacial score (nSPS) is 13.6. The minimum Gasteiger partial charge on any atom is -0.452 e. The third-order valence-corrected chi connectivity index (χ3v) is 4.57. The van der Waals surface area contributed by atoms with Gasteiger partial charge in [-0.25, -0.2) is 13.2 Å². The van der Waals surface area contributed by atoms with Crippen molar-refractivity contribution in [3.8, 4) is 6.07 Å². The molecule has 0 aliphatic carbocycles. The van der Waals surface area contributed by atoms with Gasteiger partial charge in [0.05, 0.1) is 17.4 Å². The number of carbonyl (C=O) groups excluding carboxylic acids is 2. The maximum Gasteiger partial charge on any atom is 0.338 e. The van der Waals surface area contributed by atoms with Crippen LogP contribution in [0.15, 0.2) is 24.3 Å². The Hall–Kier alpha value is -2.40. The van der Waals surface area contributed by atoms with E-state index in [0.29, 0.717) is 5.56 Å². The first-order valence-corrected chi connectivity index (χ1v) is 9.69. The third kappa shape index (κ3) is 6.55. The van der Waals surface area contributed by atoms with Crippen LogP contribution in [0.3, 0.4) is 0 Å². The molecule has 0 heterocycles. The van der Waals surface area contributed by atoms with Crippen LogP contribution in [0, 0.1) is 17.2 Å². The molecule has 25 heavy (non-hydrogen) atoms. The van der Waals surface area contributed by atoms with Gasteiger partial charge in [0.15, 0.2) is 16.4 Å². The predicted molar refractivity (Wildman–Crippen MR) is 92.3 cm³/mol. The highest BCUT2D eigenvalue weighted by atomic mass is 32.2. The molecule has 0 aliphatic rings. The average molecular weight is 366 g/mol. The van der Waals surface area contributed by atoms with Gasteiger partial charge < -0.3 is 10.1 Å². The number of ether oxygens (including phenoxy) is 1. The molecule has 0 unspecified atom stereocenters. The predicted octanol–water partition coefficient (Wildman–Crippen LogP) is 1.44. The molecule has 0 saturated carbocycles. The number of esters is 1. The first kappa shape index (κ1) is 20.6. The van der Waals surface area contributed by atoms with Crippen LogP contribution in [0.4, 0.5) is 0 Å². The second kappa shape index (κ2) is 8.12. The fourth-order valence-corrected chi connectivity index (χ4v) is 2.72. The van der Waals surface area contributed by atoms with Crippen molar-refractivity contribution < 1.29 is 22.7 Å². The first-order valence-electron chi connectivity index (χ1n) is 7.63. The van der Waals surface area contributed by atoms with E-state index in [4.69, 9.17) is 10.00 Å². The van der Waals surface area contributed by atoms with E-state index in [9.17, 15) is 18.0 Å². The highest BCUT2D eigenvalue weighted by Gasteiger charge is 2.30. The van der Waals surface area contributed by atoms with E-state index in [1.807, 2.05) is 6.07 Å². The summed E-state index contributed by atoms with van der Waals surface area (Å²) in [4.78, 5) is 23.9. The zero-order valence-electron chi connectivity index (χ0n) is 14.7. The number of rotatable bonds is 7. The molecule has 7 nitrogen and oxygen atoms in total. The molecule has 0 spiro atoms. The number of hydrogen-bond acceptors (Lipinski definition) is 6. The molecule has 0 aliphatic heterocycles. The maximum absolute atomic E-state index is 12.0. The van der Waals surface area contributed by atoms with Crippen LogP contribution < -0.4 is 5.32 Å². The summed E-state index contributed by atoms with van der Waals surface area (Å²) >= 11 is 0. The van der Waals surface area contributed by atoms with Gasteiger partial charge in [-0.05, 0) is 30.5 Å². The number of hydrogen-bond donors (Lipinski definition) is 1. The van der Waals surface area contributed by atoms with Crippen molar-refractivity contribution in [3.05, 3.63) is 35.4 Å². The molecule has 1 amide bonds. The van der Waals surface area contributed by atoms with Gasteiger partial charge in [-0.1, -0.05) is 26.0 Å². The molecule has 1 aromatic rings. The Balaban J connectivity index is 2.70. The highest BCUT2D eigenvalue weighted by Crippen LogP contribution is 2.15. The Labute approximate surface area is 147 Å². The van der Waals surface area contributed by atoms with Crippen molar-refractivity contribution in [2.24, 2.45) is 5.92 Å². The summed E-state index contributed by atoms with van der Waals surface area (Å²) in [6.07, 6.45) is 1.10. The molecule has 0 saturated heterocycles. The van der Waals surface area contributed by atoms with E-state index < -0.39 is 33.9 Å². The summed E-state index contributed by atoms with van der Waals surface area (Å²) in [5.74, 6) is -1.64. The largest absolute Gasteiger partial charge is 0.452 e. The summed E-state index contributed by atoms with van der Waals surface area (Å²) < 4.78 is 27.6. The lowest BCUT2D eigenvalue weighted by Crippen LogP contribution is -2.50. The number of sulfone groups is 1. The van der Waals surface area contributed by atoms with Crippen molar-refractivity contribution >= 4 is 21.7 Å². The molecule has 1 N–H and O–H groups in total. The Kier molecular flexibility index (Phi) is 6.70. The van der Waals surface area contributed by atoms with E-state index in [0.717, 1.165) is 6.26 Å². The van der Waals surface area contributed by atoms with E-state index in [2.05, 4.69) is 5.32 Å². The van der Waals surface area contributed by atoms with Crippen molar-refractivity contribution in [1.29, 1.82) is 5.26 Å². The van der Waals surface area contributed by atoms with Crippen molar-refractivity contribution in [3.63, 3.8) is 0 Å².